The van der Waals surface area contributed by atoms with Crippen molar-refractivity contribution in [2.45, 2.75) is 20.8 Å². The number of carbonyl (C=O) groups excluding carboxylic acids is 2. The molecule has 0 N–H and O–H groups in total. The Kier molecular flexibility index (Phi) is 6.76. The summed E-state index contributed by atoms with van der Waals surface area (Å²) < 4.78 is 9.05. The van der Waals surface area contributed by atoms with Crippen molar-refractivity contribution in [2.75, 3.05) is 13.2 Å². The molecule has 0 unspecified atom stereocenters. The second kappa shape index (κ2) is 9.54. The van der Waals surface area contributed by atoms with E-state index in [0.717, 1.165) is 45.7 Å². The molecular weight excluding hydrogens is 535 g/mol. The van der Waals surface area contributed by atoms with Crippen LogP contribution < -0.4 is 4.74 Å². The summed E-state index contributed by atoms with van der Waals surface area (Å²) in [5, 5.41) is -0.263. The molecule has 0 atom stereocenters. The number of hydrogen-bond donors (Lipinski definition) is 0. The van der Waals surface area contributed by atoms with E-state index in [9.17, 15) is 9.59 Å². The number of benzene rings is 2. The molecule has 2 aromatic carbocycles. The van der Waals surface area contributed by atoms with Crippen molar-refractivity contribution in [1.82, 2.24) is 9.47 Å². The highest BCUT2D eigenvalue weighted by molar-refractivity contribution is 14.1. The van der Waals surface area contributed by atoms with E-state index in [1.165, 1.54) is 8.47 Å². The molecule has 0 spiro atoms. The molecule has 32 heavy (non-hydrogen) atoms. The number of rotatable bonds is 6. The van der Waals surface area contributed by atoms with Crippen molar-refractivity contribution in [3.8, 4) is 11.4 Å². The SMILES string of the molecule is Cc1cccc(OCCN2C(=O)S/C(=C\c3cc(C)n(-c4ccc(I)cc4)c3C)C2=O)c1. The zero-order valence-corrected chi connectivity index (χ0v) is 21.1. The molecule has 2 heterocycles. The number of amides is 2. The third kappa shape index (κ3) is 4.78. The Balaban J connectivity index is 1.49. The van der Waals surface area contributed by atoms with Crippen LogP contribution in [0.3, 0.4) is 0 Å². The summed E-state index contributed by atoms with van der Waals surface area (Å²) >= 11 is 3.27. The standard InChI is InChI=1S/C25H23IN2O3S/c1-16-5-4-6-22(13-16)31-12-11-27-24(29)23(32-25(27)30)15-19-14-17(2)28(18(19)3)21-9-7-20(26)8-10-21/h4-10,13-15H,11-12H2,1-3H3/b23-15-. The van der Waals surface area contributed by atoms with Crippen LogP contribution >= 0.6 is 34.4 Å². The summed E-state index contributed by atoms with van der Waals surface area (Å²) in [5.74, 6) is 0.461. The largest absolute Gasteiger partial charge is 0.492 e. The summed E-state index contributed by atoms with van der Waals surface area (Å²) in [5.41, 5.74) is 5.20. The fourth-order valence-electron chi connectivity index (χ4n) is 3.72. The second-order valence-electron chi connectivity index (χ2n) is 7.64. The molecule has 0 radical (unpaired) electrons. The van der Waals surface area contributed by atoms with Crippen LogP contribution in [0.1, 0.15) is 22.5 Å². The van der Waals surface area contributed by atoms with Gasteiger partial charge in [0, 0.05) is 20.6 Å². The van der Waals surface area contributed by atoms with Crippen molar-refractivity contribution in [3.63, 3.8) is 0 Å². The molecule has 0 aliphatic carbocycles. The van der Waals surface area contributed by atoms with Crippen LogP contribution in [0.4, 0.5) is 4.79 Å². The monoisotopic (exact) mass is 558 g/mol. The molecule has 1 aliphatic heterocycles. The lowest BCUT2D eigenvalue weighted by molar-refractivity contribution is -0.123. The van der Waals surface area contributed by atoms with Crippen molar-refractivity contribution >= 4 is 51.6 Å². The molecule has 1 aliphatic rings. The van der Waals surface area contributed by atoms with Gasteiger partial charge in [0.1, 0.15) is 12.4 Å². The van der Waals surface area contributed by atoms with Gasteiger partial charge in [-0.25, -0.2) is 0 Å². The highest BCUT2D eigenvalue weighted by atomic mass is 127. The summed E-state index contributed by atoms with van der Waals surface area (Å²) in [6.07, 6.45) is 1.82. The summed E-state index contributed by atoms with van der Waals surface area (Å²) in [7, 11) is 0. The first-order chi connectivity index (χ1) is 15.3. The minimum atomic E-state index is -0.271. The first-order valence-electron chi connectivity index (χ1n) is 10.2. The van der Waals surface area contributed by atoms with Gasteiger partial charge in [-0.3, -0.25) is 14.5 Å². The first-order valence-corrected chi connectivity index (χ1v) is 12.1. The Morgan fingerprint density at radius 1 is 1.03 bits per heavy atom. The third-order valence-electron chi connectivity index (χ3n) is 5.29. The molecule has 5 nitrogen and oxygen atoms in total. The van der Waals surface area contributed by atoms with Crippen LogP contribution in [-0.2, 0) is 4.79 Å². The molecule has 2 amide bonds. The number of halogens is 1. The first kappa shape index (κ1) is 22.7. The number of thioether (sulfide) groups is 1. The molecular formula is C25H23IN2O3S. The highest BCUT2D eigenvalue weighted by Crippen LogP contribution is 2.33. The molecule has 1 fully saturated rings. The molecule has 1 saturated heterocycles. The van der Waals surface area contributed by atoms with Gasteiger partial charge in [-0.2, -0.15) is 0 Å². The van der Waals surface area contributed by atoms with E-state index in [4.69, 9.17) is 4.74 Å². The van der Waals surface area contributed by atoms with Gasteiger partial charge < -0.3 is 9.30 Å². The molecule has 4 rings (SSSR count). The number of carbonyl (C=O) groups is 2. The number of aryl methyl sites for hydroxylation is 2. The minimum absolute atomic E-state index is 0.220. The maximum absolute atomic E-state index is 12.9. The Morgan fingerprint density at radius 3 is 2.50 bits per heavy atom. The fraction of sp³-hybridized carbons (Fsp3) is 0.200. The van der Waals surface area contributed by atoms with Gasteiger partial charge in [-0.15, -0.1) is 0 Å². The van der Waals surface area contributed by atoms with Crippen molar-refractivity contribution in [2.24, 2.45) is 0 Å². The summed E-state index contributed by atoms with van der Waals surface area (Å²) in [6, 6.07) is 18.0. The Hall–Kier alpha value is -2.52. The van der Waals surface area contributed by atoms with E-state index in [0.29, 0.717) is 4.91 Å². The van der Waals surface area contributed by atoms with Crippen LogP contribution in [0.5, 0.6) is 5.75 Å². The zero-order chi connectivity index (χ0) is 22.8. The average Bonchev–Trinajstić information content (AvgIpc) is 3.18. The Morgan fingerprint density at radius 2 is 1.78 bits per heavy atom. The van der Waals surface area contributed by atoms with E-state index in [1.54, 1.807) is 0 Å². The lowest BCUT2D eigenvalue weighted by atomic mass is 10.2. The predicted octanol–water partition coefficient (Wildman–Crippen LogP) is 6.12. The summed E-state index contributed by atoms with van der Waals surface area (Å²) in [6.45, 7) is 6.53. The number of aromatic nitrogens is 1. The number of hydrogen-bond acceptors (Lipinski definition) is 4. The van der Waals surface area contributed by atoms with E-state index >= 15 is 0 Å². The van der Waals surface area contributed by atoms with Crippen molar-refractivity contribution < 1.29 is 14.3 Å². The summed E-state index contributed by atoms with van der Waals surface area (Å²) in [4.78, 5) is 27.0. The smallest absolute Gasteiger partial charge is 0.293 e. The Bertz CT molecular complexity index is 1210. The van der Waals surface area contributed by atoms with E-state index in [-0.39, 0.29) is 24.3 Å². The topological polar surface area (TPSA) is 51.5 Å². The van der Waals surface area contributed by atoms with Crippen LogP contribution in [0.15, 0.2) is 59.5 Å². The lowest BCUT2D eigenvalue weighted by Crippen LogP contribution is -2.32. The van der Waals surface area contributed by atoms with Gasteiger partial charge in [-0.1, -0.05) is 12.1 Å². The van der Waals surface area contributed by atoms with E-state index < -0.39 is 0 Å². The normalized spacial score (nSPS) is 15.1. The molecule has 1 aromatic heterocycles. The van der Waals surface area contributed by atoms with Crippen LogP contribution in [0.2, 0.25) is 0 Å². The van der Waals surface area contributed by atoms with Gasteiger partial charge in [-0.05, 0) is 115 Å². The van der Waals surface area contributed by atoms with Gasteiger partial charge >= 0.3 is 0 Å². The van der Waals surface area contributed by atoms with Crippen molar-refractivity contribution in [3.05, 3.63) is 85.6 Å². The molecule has 7 heteroatoms. The number of ether oxygens (including phenoxy) is 1. The quantitative estimate of drug-likeness (QED) is 0.270. The number of imide groups is 1. The third-order valence-corrected chi connectivity index (χ3v) is 6.92. The maximum Gasteiger partial charge on any atom is 0.293 e. The predicted molar refractivity (Wildman–Crippen MR) is 137 cm³/mol. The average molecular weight is 558 g/mol. The lowest BCUT2D eigenvalue weighted by Gasteiger charge is -2.13. The zero-order valence-electron chi connectivity index (χ0n) is 18.1. The Labute approximate surface area is 205 Å². The van der Waals surface area contributed by atoms with Crippen LogP contribution in [0, 0.1) is 24.3 Å². The van der Waals surface area contributed by atoms with E-state index in [1.807, 2.05) is 57.2 Å². The van der Waals surface area contributed by atoms with Gasteiger partial charge in [0.25, 0.3) is 11.1 Å². The van der Waals surface area contributed by atoms with E-state index in [2.05, 4.69) is 51.4 Å². The fourth-order valence-corrected chi connectivity index (χ4v) is 4.93. The van der Waals surface area contributed by atoms with Crippen molar-refractivity contribution in [1.29, 1.82) is 0 Å². The highest BCUT2D eigenvalue weighted by Gasteiger charge is 2.35. The van der Waals surface area contributed by atoms with Gasteiger partial charge in [0.2, 0.25) is 0 Å². The number of nitrogens with zero attached hydrogens (tertiary/aromatic N) is 2. The van der Waals surface area contributed by atoms with Crippen LogP contribution in [0.25, 0.3) is 11.8 Å². The van der Waals surface area contributed by atoms with Gasteiger partial charge in [0.05, 0.1) is 11.4 Å². The molecule has 164 valence electrons. The van der Waals surface area contributed by atoms with Gasteiger partial charge in [0.15, 0.2) is 0 Å². The maximum atomic E-state index is 12.9. The van der Waals surface area contributed by atoms with Crippen LogP contribution in [-0.4, -0.2) is 33.8 Å². The molecule has 0 bridgehead atoms. The molecule has 0 saturated carbocycles. The second-order valence-corrected chi connectivity index (χ2v) is 9.88. The molecule has 3 aromatic rings. The minimum Gasteiger partial charge on any atom is -0.492 e.